The summed E-state index contributed by atoms with van der Waals surface area (Å²) in [6.07, 6.45) is 3.28. The molecule has 0 aliphatic carbocycles. The maximum Gasteiger partial charge on any atom is 0.326 e. The first-order chi connectivity index (χ1) is 16.5. The number of carbonyl (C=O) groups is 3. The minimum Gasteiger partial charge on any atom is -0.480 e. The molecule has 1 heterocycles. The third-order valence-corrected chi connectivity index (χ3v) is 5.96. The topological polar surface area (TPSA) is 86.7 Å². The lowest BCUT2D eigenvalue weighted by Gasteiger charge is -2.27. The Kier molecular flexibility index (Phi) is 7.18. The molecule has 1 aliphatic heterocycles. The number of aliphatic carboxylic acids is 1. The van der Waals surface area contributed by atoms with E-state index in [0.717, 1.165) is 16.7 Å². The zero-order valence-electron chi connectivity index (χ0n) is 18.6. The van der Waals surface area contributed by atoms with Gasteiger partial charge in [-0.3, -0.25) is 9.59 Å². The largest absolute Gasteiger partial charge is 0.480 e. The summed E-state index contributed by atoms with van der Waals surface area (Å²) >= 11 is 0. The van der Waals surface area contributed by atoms with Crippen LogP contribution in [0, 0.1) is 0 Å². The number of carbonyl (C=O) groups excluding carboxylic acids is 2. The minimum atomic E-state index is -1.08. The lowest BCUT2D eigenvalue weighted by atomic mass is 9.90. The van der Waals surface area contributed by atoms with Gasteiger partial charge in [0.05, 0.1) is 5.92 Å². The first-order valence-electron chi connectivity index (χ1n) is 11.2. The van der Waals surface area contributed by atoms with Crippen LogP contribution in [0.1, 0.15) is 29.0 Å². The number of amides is 2. The smallest absolute Gasteiger partial charge is 0.326 e. The number of benzene rings is 3. The Morgan fingerprint density at radius 3 is 1.91 bits per heavy atom. The number of hydrogen-bond donors (Lipinski definition) is 2. The molecular weight excluding hydrogens is 428 g/mol. The van der Waals surface area contributed by atoms with Gasteiger partial charge in [0.2, 0.25) is 11.8 Å². The van der Waals surface area contributed by atoms with E-state index in [1.54, 1.807) is 6.08 Å². The van der Waals surface area contributed by atoms with Gasteiger partial charge in [-0.05, 0) is 22.8 Å². The molecule has 2 atom stereocenters. The molecule has 2 N–H and O–H groups in total. The number of hydrogen-bond acceptors (Lipinski definition) is 3. The molecule has 0 radical (unpaired) electrons. The van der Waals surface area contributed by atoms with E-state index in [-0.39, 0.29) is 24.8 Å². The fraction of sp³-hybridized carbons (Fsp3) is 0.179. The van der Waals surface area contributed by atoms with Crippen LogP contribution >= 0.6 is 0 Å². The predicted molar refractivity (Wildman–Crippen MR) is 130 cm³/mol. The lowest BCUT2D eigenvalue weighted by Crippen LogP contribution is -2.44. The van der Waals surface area contributed by atoms with Crippen LogP contribution in [0.2, 0.25) is 0 Å². The van der Waals surface area contributed by atoms with Crippen molar-refractivity contribution in [3.8, 4) is 0 Å². The molecule has 3 aromatic rings. The summed E-state index contributed by atoms with van der Waals surface area (Å²) in [6.45, 7) is 0.136. The van der Waals surface area contributed by atoms with Crippen molar-refractivity contribution < 1.29 is 19.5 Å². The molecule has 0 aromatic heterocycles. The quantitative estimate of drug-likeness (QED) is 0.533. The highest BCUT2D eigenvalue weighted by Gasteiger charge is 2.42. The van der Waals surface area contributed by atoms with Crippen LogP contribution in [-0.2, 0) is 14.4 Å². The van der Waals surface area contributed by atoms with Gasteiger partial charge in [0.25, 0.3) is 0 Å². The first kappa shape index (κ1) is 23.0. The molecule has 2 amide bonds. The molecule has 0 spiro atoms. The number of nitrogens with one attached hydrogen (secondary N) is 1. The standard InChI is InChI=1S/C28H26N2O4/c31-25(17-16-20-10-4-1-5-11-20)29-23-18-24(28(33)34)30(19-23)27(32)26(21-12-6-2-7-13-21)22-14-8-3-9-15-22/h1-17,23-24,26H,18-19H2,(H,29,31)(H,33,34)/t23-,24-/m0/s1. The number of likely N-dealkylation sites (tertiary alicyclic amines) is 1. The molecule has 6 heteroatoms. The Hall–Kier alpha value is -4.19. The summed E-state index contributed by atoms with van der Waals surface area (Å²) in [5.41, 5.74) is 2.47. The maximum absolute atomic E-state index is 13.7. The molecule has 1 aliphatic rings. The SMILES string of the molecule is O=C(C=Cc1ccccc1)N[C@H]1C[C@@H](C(=O)O)N(C(=O)C(c2ccccc2)c2ccccc2)C1. The van der Waals surface area contributed by atoms with Gasteiger partial charge in [0.1, 0.15) is 6.04 Å². The van der Waals surface area contributed by atoms with E-state index in [9.17, 15) is 19.5 Å². The lowest BCUT2D eigenvalue weighted by molar-refractivity contribution is -0.148. The monoisotopic (exact) mass is 454 g/mol. The van der Waals surface area contributed by atoms with Crippen LogP contribution in [0.4, 0.5) is 0 Å². The third kappa shape index (κ3) is 5.41. The zero-order chi connectivity index (χ0) is 23.9. The molecule has 6 nitrogen and oxygen atoms in total. The van der Waals surface area contributed by atoms with Crippen LogP contribution in [0.15, 0.2) is 97.1 Å². The Balaban J connectivity index is 1.53. The van der Waals surface area contributed by atoms with Gasteiger partial charge in [-0.15, -0.1) is 0 Å². The number of nitrogens with zero attached hydrogens (tertiary/aromatic N) is 1. The second-order valence-electron chi connectivity index (χ2n) is 8.28. The van der Waals surface area contributed by atoms with E-state index in [1.807, 2.05) is 91.0 Å². The van der Waals surface area contributed by atoms with Crippen molar-refractivity contribution in [1.82, 2.24) is 10.2 Å². The van der Waals surface area contributed by atoms with Crippen LogP contribution in [0.3, 0.4) is 0 Å². The zero-order valence-corrected chi connectivity index (χ0v) is 18.6. The molecule has 0 bridgehead atoms. The van der Waals surface area contributed by atoms with Crippen molar-refractivity contribution in [3.05, 3.63) is 114 Å². The van der Waals surface area contributed by atoms with Gasteiger partial charge in [-0.25, -0.2) is 4.79 Å². The van der Waals surface area contributed by atoms with E-state index >= 15 is 0 Å². The van der Waals surface area contributed by atoms with Gasteiger partial charge in [-0.1, -0.05) is 91.0 Å². The predicted octanol–water partition coefficient (Wildman–Crippen LogP) is 3.70. The third-order valence-electron chi connectivity index (χ3n) is 5.96. The Morgan fingerprint density at radius 2 is 1.38 bits per heavy atom. The van der Waals surface area contributed by atoms with E-state index in [2.05, 4.69) is 5.32 Å². The molecule has 0 unspecified atom stereocenters. The van der Waals surface area contributed by atoms with Crippen molar-refractivity contribution in [1.29, 1.82) is 0 Å². The molecule has 4 rings (SSSR count). The summed E-state index contributed by atoms with van der Waals surface area (Å²) in [4.78, 5) is 39.6. The van der Waals surface area contributed by atoms with Crippen molar-refractivity contribution in [2.45, 2.75) is 24.4 Å². The van der Waals surface area contributed by atoms with Crippen molar-refractivity contribution >= 4 is 23.9 Å². The minimum absolute atomic E-state index is 0.136. The fourth-order valence-electron chi connectivity index (χ4n) is 4.34. The Bertz CT molecular complexity index is 1120. The molecule has 1 saturated heterocycles. The number of carboxylic acids is 1. The number of carboxylic acid groups (broad SMARTS) is 1. The molecule has 1 fully saturated rings. The second-order valence-corrected chi connectivity index (χ2v) is 8.28. The van der Waals surface area contributed by atoms with Crippen LogP contribution in [0.5, 0.6) is 0 Å². The average molecular weight is 455 g/mol. The van der Waals surface area contributed by atoms with Gasteiger partial charge >= 0.3 is 5.97 Å². The van der Waals surface area contributed by atoms with E-state index in [4.69, 9.17) is 0 Å². The normalized spacial score (nSPS) is 17.7. The Morgan fingerprint density at radius 1 is 0.853 bits per heavy atom. The van der Waals surface area contributed by atoms with Crippen molar-refractivity contribution in [2.75, 3.05) is 6.54 Å². The van der Waals surface area contributed by atoms with Crippen LogP contribution < -0.4 is 5.32 Å². The van der Waals surface area contributed by atoms with Gasteiger partial charge < -0.3 is 15.3 Å². The van der Waals surface area contributed by atoms with E-state index < -0.39 is 24.0 Å². The first-order valence-corrected chi connectivity index (χ1v) is 11.2. The maximum atomic E-state index is 13.7. The average Bonchev–Trinajstić information content (AvgIpc) is 3.29. The highest BCUT2D eigenvalue weighted by atomic mass is 16.4. The van der Waals surface area contributed by atoms with Crippen LogP contribution in [0.25, 0.3) is 6.08 Å². The summed E-state index contributed by atoms with van der Waals surface area (Å²) in [5, 5.41) is 12.7. The van der Waals surface area contributed by atoms with Crippen molar-refractivity contribution in [3.63, 3.8) is 0 Å². The fourth-order valence-corrected chi connectivity index (χ4v) is 4.34. The summed E-state index contributed by atoms with van der Waals surface area (Å²) in [6, 6.07) is 26.6. The molecule has 3 aromatic carbocycles. The summed E-state index contributed by atoms with van der Waals surface area (Å²) in [7, 11) is 0. The molecule has 34 heavy (non-hydrogen) atoms. The Labute approximate surface area is 198 Å². The van der Waals surface area contributed by atoms with E-state index in [0.29, 0.717) is 0 Å². The molecular formula is C28H26N2O4. The number of rotatable bonds is 7. The van der Waals surface area contributed by atoms with Gasteiger partial charge in [-0.2, -0.15) is 0 Å². The second kappa shape index (κ2) is 10.6. The summed E-state index contributed by atoms with van der Waals surface area (Å²) in [5.74, 6) is -2.32. The highest BCUT2D eigenvalue weighted by molar-refractivity contribution is 5.93. The molecule has 172 valence electrons. The molecule has 0 saturated carbocycles. The van der Waals surface area contributed by atoms with Crippen molar-refractivity contribution in [2.24, 2.45) is 0 Å². The summed E-state index contributed by atoms with van der Waals surface area (Å²) < 4.78 is 0. The van der Waals surface area contributed by atoms with Crippen LogP contribution in [-0.4, -0.2) is 46.4 Å². The highest BCUT2D eigenvalue weighted by Crippen LogP contribution is 2.30. The van der Waals surface area contributed by atoms with Gasteiger partial charge in [0.15, 0.2) is 0 Å². The van der Waals surface area contributed by atoms with Gasteiger partial charge in [0, 0.05) is 25.1 Å². The van der Waals surface area contributed by atoms with E-state index in [1.165, 1.54) is 11.0 Å².